The number of hydrogen-bond donors (Lipinski definition) is 1. The van der Waals surface area contributed by atoms with E-state index in [1.54, 1.807) is 54.5 Å². The highest BCUT2D eigenvalue weighted by molar-refractivity contribution is 7.89. The molecule has 0 saturated carbocycles. The van der Waals surface area contributed by atoms with Crippen molar-refractivity contribution in [2.75, 3.05) is 0 Å². The van der Waals surface area contributed by atoms with E-state index in [0.717, 1.165) is 5.69 Å². The number of sulfonamides is 1. The Morgan fingerprint density at radius 3 is 2.71 bits per heavy atom. The average Bonchev–Trinajstić information content (AvgIpc) is 3.05. The van der Waals surface area contributed by atoms with E-state index in [-0.39, 0.29) is 11.4 Å². The fraction of sp³-hybridized carbons (Fsp3) is 0.133. The highest BCUT2D eigenvalue weighted by atomic mass is 35.5. The Bertz CT molecular complexity index is 957. The fourth-order valence-corrected chi connectivity index (χ4v) is 3.62. The second-order valence-corrected chi connectivity index (χ2v) is 7.27. The number of nitrogens with zero attached hydrogens (tertiary/aromatic N) is 4. The average molecular weight is 364 g/mol. The van der Waals surface area contributed by atoms with Crippen molar-refractivity contribution in [1.82, 2.24) is 24.7 Å². The lowest BCUT2D eigenvalue weighted by atomic mass is 10.2. The van der Waals surface area contributed by atoms with Crippen molar-refractivity contribution in [3.8, 4) is 5.69 Å². The third-order valence-corrected chi connectivity index (χ3v) is 5.13. The van der Waals surface area contributed by atoms with Crippen LogP contribution in [0.4, 0.5) is 0 Å². The number of halogens is 1. The van der Waals surface area contributed by atoms with Gasteiger partial charge in [-0.05, 0) is 36.8 Å². The maximum absolute atomic E-state index is 12.4. The summed E-state index contributed by atoms with van der Waals surface area (Å²) in [6, 6.07) is 8.29. The number of rotatable bonds is 5. The van der Waals surface area contributed by atoms with Crippen molar-refractivity contribution in [1.29, 1.82) is 0 Å². The maximum Gasteiger partial charge on any atom is 0.241 e. The first kappa shape index (κ1) is 16.6. The molecule has 0 radical (unpaired) electrons. The van der Waals surface area contributed by atoms with E-state index in [0.29, 0.717) is 16.3 Å². The summed E-state index contributed by atoms with van der Waals surface area (Å²) in [6.45, 7) is 1.74. The van der Waals surface area contributed by atoms with Gasteiger partial charge in [0.2, 0.25) is 10.0 Å². The quantitative estimate of drug-likeness (QED) is 0.749. The summed E-state index contributed by atoms with van der Waals surface area (Å²) in [4.78, 5) is 4.08. The van der Waals surface area contributed by atoms with Crippen molar-refractivity contribution in [3.63, 3.8) is 0 Å². The molecule has 0 spiro atoms. The normalized spacial score (nSPS) is 11.6. The van der Waals surface area contributed by atoms with Gasteiger partial charge in [-0.1, -0.05) is 22.9 Å². The predicted molar refractivity (Wildman–Crippen MR) is 89.4 cm³/mol. The maximum atomic E-state index is 12.4. The molecule has 2 aromatic heterocycles. The summed E-state index contributed by atoms with van der Waals surface area (Å²) < 4.78 is 28.9. The molecule has 0 aliphatic heterocycles. The Hall–Kier alpha value is -2.29. The number of pyridine rings is 1. The molecule has 0 amide bonds. The second-order valence-electron chi connectivity index (χ2n) is 5.09. The van der Waals surface area contributed by atoms with E-state index in [2.05, 4.69) is 20.0 Å². The summed E-state index contributed by atoms with van der Waals surface area (Å²) in [5, 5.41) is 8.31. The van der Waals surface area contributed by atoms with E-state index < -0.39 is 10.0 Å². The minimum absolute atomic E-state index is 0.0272. The van der Waals surface area contributed by atoms with Crippen LogP contribution in [0.25, 0.3) is 5.69 Å². The molecule has 3 rings (SSSR count). The Kier molecular flexibility index (Phi) is 4.61. The Balaban J connectivity index is 1.76. The number of benzene rings is 1. The highest BCUT2D eigenvalue weighted by Crippen LogP contribution is 2.20. The van der Waals surface area contributed by atoms with Crippen LogP contribution in [0.15, 0.2) is 53.8 Å². The third-order valence-electron chi connectivity index (χ3n) is 3.35. The zero-order valence-electron chi connectivity index (χ0n) is 12.7. The summed E-state index contributed by atoms with van der Waals surface area (Å²) in [5.41, 5.74) is 1.90. The van der Waals surface area contributed by atoms with Crippen LogP contribution in [0.3, 0.4) is 0 Å². The van der Waals surface area contributed by atoms with Gasteiger partial charge in [0.05, 0.1) is 29.0 Å². The predicted octanol–water partition coefficient (Wildman–Crippen LogP) is 2.10. The number of aryl methyl sites for hydroxylation is 1. The first-order chi connectivity index (χ1) is 11.5. The Labute approximate surface area is 144 Å². The van der Waals surface area contributed by atoms with Crippen molar-refractivity contribution in [2.45, 2.75) is 18.4 Å². The number of hydrogen-bond acceptors (Lipinski definition) is 5. The van der Waals surface area contributed by atoms with E-state index in [4.69, 9.17) is 11.6 Å². The van der Waals surface area contributed by atoms with Gasteiger partial charge >= 0.3 is 0 Å². The van der Waals surface area contributed by atoms with Crippen molar-refractivity contribution in [3.05, 3.63) is 65.2 Å². The molecule has 1 N–H and O–H groups in total. The minimum Gasteiger partial charge on any atom is -0.265 e. The van der Waals surface area contributed by atoms with Crippen LogP contribution in [0.1, 0.15) is 11.3 Å². The van der Waals surface area contributed by atoms with Crippen LogP contribution in [-0.4, -0.2) is 28.4 Å². The molecule has 0 fully saturated rings. The van der Waals surface area contributed by atoms with Crippen LogP contribution in [-0.2, 0) is 16.6 Å². The van der Waals surface area contributed by atoms with Crippen molar-refractivity contribution >= 4 is 21.6 Å². The first-order valence-corrected chi connectivity index (χ1v) is 8.89. The van der Waals surface area contributed by atoms with E-state index >= 15 is 0 Å². The van der Waals surface area contributed by atoms with Gasteiger partial charge in [0.1, 0.15) is 0 Å². The molecule has 7 nitrogen and oxygen atoms in total. The van der Waals surface area contributed by atoms with Gasteiger partial charge < -0.3 is 0 Å². The van der Waals surface area contributed by atoms with Gasteiger partial charge in [0, 0.05) is 17.4 Å². The Morgan fingerprint density at radius 2 is 1.96 bits per heavy atom. The molecule has 0 unspecified atom stereocenters. The summed E-state index contributed by atoms with van der Waals surface area (Å²) in [6.07, 6.45) is 4.94. The van der Waals surface area contributed by atoms with E-state index in [1.165, 1.54) is 6.07 Å². The molecule has 24 heavy (non-hydrogen) atoms. The lowest BCUT2D eigenvalue weighted by molar-refractivity contribution is 0.579. The summed E-state index contributed by atoms with van der Waals surface area (Å²) >= 11 is 5.89. The smallest absolute Gasteiger partial charge is 0.241 e. The lowest BCUT2D eigenvalue weighted by Gasteiger charge is -2.08. The molecule has 2 heterocycles. The molecular weight excluding hydrogens is 350 g/mol. The zero-order valence-corrected chi connectivity index (χ0v) is 14.3. The van der Waals surface area contributed by atoms with E-state index in [1.807, 2.05) is 0 Å². The molecule has 0 bridgehead atoms. The molecule has 1 aromatic carbocycles. The van der Waals surface area contributed by atoms with Gasteiger partial charge in [-0.3, -0.25) is 4.98 Å². The molecule has 3 aromatic rings. The van der Waals surface area contributed by atoms with Crippen LogP contribution in [0.2, 0.25) is 5.02 Å². The summed E-state index contributed by atoms with van der Waals surface area (Å²) in [5.74, 6) is 0. The zero-order chi connectivity index (χ0) is 17.2. The Morgan fingerprint density at radius 1 is 1.21 bits per heavy atom. The molecule has 0 aliphatic rings. The minimum atomic E-state index is -3.69. The van der Waals surface area contributed by atoms with Crippen LogP contribution < -0.4 is 4.72 Å². The number of aromatic nitrogens is 4. The monoisotopic (exact) mass is 363 g/mol. The fourth-order valence-electron chi connectivity index (χ4n) is 2.11. The third kappa shape index (κ3) is 3.61. The van der Waals surface area contributed by atoms with Crippen LogP contribution in [0.5, 0.6) is 0 Å². The molecule has 0 aliphatic carbocycles. The topological polar surface area (TPSA) is 89.8 Å². The van der Waals surface area contributed by atoms with Crippen LogP contribution in [0, 0.1) is 6.92 Å². The number of nitrogens with one attached hydrogen (secondary N) is 1. The molecule has 9 heteroatoms. The first-order valence-electron chi connectivity index (χ1n) is 7.03. The van der Waals surface area contributed by atoms with Gasteiger partial charge in [0.25, 0.3) is 0 Å². The van der Waals surface area contributed by atoms with E-state index in [9.17, 15) is 8.42 Å². The van der Waals surface area contributed by atoms with Crippen LogP contribution >= 0.6 is 11.6 Å². The van der Waals surface area contributed by atoms with Gasteiger partial charge in [-0.15, -0.1) is 5.10 Å². The lowest BCUT2D eigenvalue weighted by Crippen LogP contribution is -2.24. The van der Waals surface area contributed by atoms with Gasteiger partial charge in [0.15, 0.2) is 0 Å². The molecular formula is C15H14ClN5O2S. The second kappa shape index (κ2) is 6.68. The largest absolute Gasteiger partial charge is 0.265 e. The standard InChI is InChI=1S/C15H14ClN5O2S/c1-11-2-3-12(16)8-15(11)24(22,23)18-9-13-10-21(20-19-13)14-4-6-17-7-5-14/h2-8,10,18H,9H2,1H3. The molecule has 0 saturated heterocycles. The molecule has 0 atom stereocenters. The van der Waals surface area contributed by atoms with Crippen molar-refractivity contribution < 1.29 is 8.42 Å². The van der Waals surface area contributed by atoms with Crippen molar-refractivity contribution in [2.24, 2.45) is 0 Å². The highest BCUT2D eigenvalue weighted by Gasteiger charge is 2.17. The SMILES string of the molecule is Cc1ccc(Cl)cc1S(=O)(=O)NCc1cn(-c2ccncc2)nn1. The van der Waals surface area contributed by atoms with Gasteiger partial charge in [-0.2, -0.15) is 0 Å². The summed E-state index contributed by atoms with van der Waals surface area (Å²) in [7, 11) is -3.69. The molecule has 124 valence electrons. The van der Waals surface area contributed by atoms with Gasteiger partial charge in [-0.25, -0.2) is 17.8 Å².